The Bertz CT molecular complexity index is 306. The summed E-state index contributed by atoms with van der Waals surface area (Å²) in [5, 5.41) is 12.4. The zero-order valence-electron chi connectivity index (χ0n) is 8.29. The van der Waals surface area contributed by atoms with Gasteiger partial charge in [-0.1, -0.05) is 18.5 Å². The molecule has 0 bridgehead atoms. The number of nitrogens with one attached hydrogen (secondary N) is 1. The largest absolute Gasteiger partial charge is 0.396 e. The minimum atomic E-state index is 0.158. The van der Waals surface area contributed by atoms with Crippen molar-refractivity contribution in [2.24, 2.45) is 5.92 Å². The van der Waals surface area contributed by atoms with Crippen LogP contribution in [-0.2, 0) is 0 Å². The van der Waals surface area contributed by atoms with Gasteiger partial charge in [0.15, 0.2) is 0 Å². The van der Waals surface area contributed by atoms with Gasteiger partial charge in [0.05, 0.1) is 0 Å². The number of aliphatic hydroxyl groups excluding tert-OH is 1. The number of aromatic nitrogens is 2. The van der Waals surface area contributed by atoms with Crippen molar-refractivity contribution in [2.45, 2.75) is 13.8 Å². The zero-order valence-corrected chi connectivity index (χ0v) is 9.04. The predicted octanol–water partition coefficient (Wildman–Crippen LogP) is 1.48. The quantitative estimate of drug-likeness (QED) is 0.747. The Kier molecular flexibility index (Phi) is 4.10. The lowest BCUT2D eigenvalue weighted by Crippen LogP contribution is -2.16. The van der Waals surface area contributed by atoms with Crippen molar-refractivity contribution < 1.29 is 5.11 Å². The van der Waals surface area contributed by atoms with Crippen molar-refractivity contribution >= 4 is 17.4 Å². The Morgan fingerprint density at radius 2 is 2.29 bits per heavy atom. The highest BCUT2D eigenvalue weighted by Crippen LogP contribution is 2.17. The second-order valence-corrected chi connectivity index (χ2v) is 3.66. The fraction of sp³-hybridized carbons (Fsp3) is 0.556. The Hall–Kier alpha value is -0.870. The van der Waals surface area contributed by atoms with E-state index in [1.165, 1.54) is 6.33 Å². The van der Waals surface area contributed by atoms with E-state index in [4.69, 9.17) is 16.7 Å². The monoisotopic (exact) mass is 215 g/mol. The van der Waals surface area contributed by atoms with E-state index in [2.05, 4.69) is 15.3 Å². The highest BCUT2D eigenvalue weighted by Gasteiger charge is 2.05. The number of nitrogens with zero attached hydrogens (tertiary/aromatic N) is 2. The molecule has 0 amide bonds. The molecule has 0 spiro atoms. The molecule has 0 saturated carbocycles. The normalized spacial score (nSPS) is 12.6. The van der Waals surface area contributed by atoms with E-state index in [1.807, 2.05) is 13.8 Å². The van der Waals surface area contributed by atoms with Crippen molar-refractivity contribution in [1.29, 1.82) is 0 Å². The number of aliphatic hydroxyl groups is 1. The van der Waals surface area contributed by atoms with E-state index in [1.54, 1.807) is 0 Å². The molecule has 78 valence electrons. The summed E-state index contributed by atoms with van der Waals surface area (Å²) in [6.45, 7) is 4.63. The van der Waals surface area contributed by atoms with E-state index in [9.17, 15) is 0 Å². The molecule has 0 fully saturated rings. The first kappa shape index (κ1) is 11.2. The smallest absolute Gasteiger partial charge is 0.137 e. The van der Waals surface area contributed by atoms with Crippen LogP contribution in [0.25, 0.3) is 0 Å². The molecule has 0 aliphatic carbocycles. The summed E-state index contributed by atoms with van der Waals surface area (Å²) in [5.74, 6) is 0.924. The predicted molar refractivity (Wildman–Crippen MR) is 56.5 cm³/mol. The molecule has 0 radical (unpaired) electrons. The van der Waals surface area contributed by atoms with Gasteiger partial charge >= 0.3 is 0 Å². The third-order valence-electron chi connectivity index (χ3n) is 1.95. The van der Waals surface area contributed by atoms with Crippen LogP contribution in [-0.4, -0.2) is 28.2 Å². The number of anilines is 1. The molecular formula is C9H14ClN3O. The summed E-state index contributed by atoms with van der Waals surface area (Å²) in [4.78, 5) is 7.91. The minimum Gasteiger partial charge on any atom is -0.396 e. The maximum Gasteiger partial charge on any atom is 0.137 e. The Morgan fingerprint density at radius 3 is 2.93 bits per heavy atom. The van der Waals surface area contributed by atoms with Crippen LogP contribution in [0.3, 0.4) is 0 Å². The first-order valence-corrected chi connectivity index (χ1v) is 4.84. The molecule has 1 aromatic rings. The van der Waals surface area contributed by atoms with Gasteiger partial charge < -0.3 is 10.4 Å². The Labute approximate surface area is 88.3 Å². The minimum absolute atomic E-state index is 0.158. The van der Waals surface area contributed by atoms with E-state index in [-0.39, 0.29) is 12.5 Å². The van der Waals surface area contributed by atoms with Crippen LogP contribution < -0.4 is 5.32 Å². The van der Waals surface area contributed by atoms with Crippen LogP contribution in [0.4, 0.5) is 5.82 Å². The van der Waals surface area contributed by atoms with Crippen LogP contribution >= 0.6 is 11.6 Å². The fourth-order valence-electron chi connectivity index (χ4n) is 0.942. The van der Waals surface area contributed by atoms with Gasteiger partial charge in [0, 0.05) is 18.7 Å². The van der Waals surface area contributed by atoms with E-state index in [0.29, 0.717) is 11.7 Å². The molecule has 14 heavy (non-hydrogen) atoms. The van der Waals surface area contributed by atoms with Gasteiger partial charge in [-0.3, -0.25) is 0 Å². The van der Waals surface area contributed by atoms with Crippen molar-refractivity contribution in [3.63, 3.8) is 0 Å². The topological polar surface area (TPSA) is 58.0 Å². The molecule has 0 aliphatic heterocycles. The number of rotatable bonds is 4. The highest BCUT2D eigenvalue weighted by atomic mass is 35.5. The van der Waals surface area contributed by atoms with Gasteiger partial charge in [-0.15, -0.1) is 0 Å². The molecule has 1 rings (SSSR count). The van der Waals surface area contributed by atoms with Gasteiger partial charge in [0.1, 0.15) is 17.3 Å². The third kappa shape index (κ3) is 2.82. The van der Waals surface area contributed by atoms with Gasteiger partial charge in [0.2, 0.25) is 0 Å². The fourth-order valence-corrected chi connectivity index (χ4v) is 1.08. The van der Waals surface area contributed by atoms with E-state index >= 15 is 0 Å². The van der Waals surface area contributed by atoms with Gasteiger partial charge in [-0.25, -0.2) is 9.97 Å². The van der Waals surface area contributed by atoms with Crippen LogP contribution in [0.15, 0.2) is 6.33 Å². The molecule has 1 heterocycles. The molecule has 0 aromatic carbocycles. The second kappa shape index (κ2) is 5.12. The molecule has 4 nitrogen and oxygen atoms in total. The Morgan fingerprint density at radius 1 is 1.57 bits per heavy atom. The SMILES string of the molecule is Cc1c(Cl)ncnc1NCC(C)CO. The molecule has 5 heteroatoms. The average molecular weight is 216 g/mol. The summed E-state index contributed by atoms with van der Waals surface area (Å²) < 4.78 is 0. The van der Waals surface area contributed by atoms with Crippen molar-refractivity contribution in [1.82, 2.24) is 9.97 Å². The van der Waals surface area contributed by atoms with Crippen LogP contribution in [0.5, 0.6) is 0 Å². The lowest BCUT2D eigenvalue weighted by Gasteiger charge is -2.11. The lowest BCUT2D eigenvalue weighted by atomic mass is 10.2. The van der Waals surface area contributed by atoms with E-state index < -0.39 is 0 Å². The summed E-state index contributed by atoms with van der Waals surface area (Å²) in [7, 11) is 0. The maximum absolute atomic E-state index is 8.84. The molecule has 1 aromatic heterocycles. The number of hydrogen-bond donors (Lipinski definition) is 2. The van der Waals surface area contributed by atoms with Crippen LogP contribution in [0.1, 0.15) is 12.5 Å². The average Bonchev–Trinajstić information content (AvgIpc) is 2.20. The van der Waals surface area contributed by atoms with Gasteiger partial charge in [-0.05, 0) is 12.8 Å². The first-order valence-electron chi connectivity index (χ1n) is 4.47. The highest BCUT2D eigenvalue weighted by molar-refractivity contribution is 6.30. The summed E-state index contributed by atoms with van der Waals surface area (Å²) in [6, 6.07) is 0. The second-order valence-electron chi connectivity index (χ2n) is 3.31. The van der Waals surface area contributed by atoms with Gasteiger partial charge in [-0.2, -0.15) is 0 Å². The summed E-state index contributed by atoms with van der Waals surface area (Å²) in [6.07, 6.45) is 1.42. The molecular weight excluding hydrogens is 202 g/mol. The molecule has 0 saturated heterocycles. The van der Waals surface area contributed by atoms with Crippen molar-refractivity contribution in [3.8, 4) is 0 Å². The summed E-state index contributed by atoms with van der Waals surface area (Å²) >= 11 is 5.82. The van der Waals surface area contributed by atoms with Gasteiger partial charge in [0.25, 0.3) is 0 Å². The standard InChI is InChI=1S/C9H14ClN3O/c1-6(4-14)3-11-9-7(2)8(10)12-5-13-9/h5-6,14H,3-4H2,1-2H3,(H,11,12,13). The Balaban J connectivity index is 2.63. The van der Waals surface area contributed by atoms with E-state index in [0.717, 1.165) is 11.4 Å². The summed E-state index contributed by atoms with van der Waals surface area (Å²) in [5.41, 5.74) is 0.833. The molecule has 1 atom stereocenters. The number of halogens is 1. The molecule has 0 aliphatic rings. The molecule has 1 unspecified atom stereocenters. The lowest BCUT2D eigenvalue weighted by molar-refractivity contribution is 0.244. The third-order valence-corrected chi connectivity index (χ3v) is 2.33. The number of hydrogen-bond acceptors (Lipinski definition) is 4. The first-order chi connectivity index (χ1) is 6.65. The molecule has 2 N–H and O–H groups in total. The zero-order chi connectivity index (χ0) is 10.6. The van der Waals surface area contributed by atoms with Crippen LogP contribution in [0, 0.1) is 12.8 Å². The van der Waals surface area contributed by atoms with Crippen molar-refractivity contribution in [3.05, 3.63) is 17.0 Å². The maximum atomic E-state index is 8.84. The van der Waals surface area contributed by atoms with Crippen LogP contribution in [0.2, 0.25) is 5.15 Å². The van der Waals surface area contributed by atoms with Crippen molar-refractivity contribution in [2.75, 3.05) is 18.5 Å².